The van der Waals surface area contributed by atoms with Crippen LogP contribution in [-0.2, 0) is 17.1 Å². The molecular formula is C16H26N6O2S. The molecule has 3 rings (SSSR count). The number of nitrogens with zero attached hydrogens (tertiary/aromatic N) is 4. The van der Waals surface area contributed by atoms with E-state index in [1.54, 1.807) is 37.9 Å². The summed E-state index contributed by atoms with van der Waals surface area (Å²) in [6, 6.07) is 0.147. The van der Waals surface area contributed by atoms with Crippen LogP contribution in [0.2, 0.25) is 0 Å². The number of hydrogen-bond acceptors (Lipinski definition) is 6. The van der Waals surface area contributed by atoms with Crippen LogP contribution in [-0.4, -0.2) is 60.1 Å². The van der Waals surface area contributed by atoms with Crippen molar-refractivity contribution >= 4 is 27.0 Å². The molecule has 8 nitrogen and oxygen atoms in total. The first kappa shape index (κ1) is 18.1. The molecule has 2 aromatic rings. The molecule has 2 N–H and O–H groups in total. The summed E-state index contributed by atoms with van der Waals surface area (Å²) in [5, 5.41) is 3.40. The maximum absolute atomic E-state index is 12.6. The van der Waals surface area contributed by atoms with Gasteiger partial charge >= 0.3 is 0 Å². The molecule has 2 aromatic heterocycles. The van der Waals surface area contributed by atoms with Gasteiger partial charge in [-0.05, 0) is 46.8 Å². The Morgan fingerprint density at radius 1 is 1.24 bits per heavy atom. The van der Waals surface area contributed by atoms with Crippen LogP contribution in [0.25, 0.3) is 11.2 Å². The fourth-order valence-corrected chi connectivity index (χ4v) is 4.54. The molecular weight excluding hydrogens is 340 g/mol. The molecule has 0 unspecified atom stereocenters. The van der Waals surface area contributed by atoms with Crippen LogP contribution < -0.4 is 10.0 Å². The topological polar surface area (TPSA) is 92.1 Å². The Labute approximate surface area is 148 Å². The van der Waals surface area contributed by atoms with Gasteiger partial charge in [-0.1, -0.05) is 0 Å². The largest absolute Gasteiger partial charge is 0.366 e. The molecule has 9 heteroatoms. The molecule has 0 aromatic carbocycles. The zero-order valence-electron chi connectivity index (χ0n) is 15.2. The second-order valence-corrected chi connectivity index (χ2v) is 8.71. The van der Waals surface area contributed by atoms with Gasteiger partial charge in [-0.25, -0.2) is 23.1 Å². The number of fused-ring (bicyclic) bond motifs is 1. The second-order valence-electron chi connectivity index (χ2n) is 7.03. The monoisotopic (exact) mass is 366 g/mol. The van der Waals surface area contributed by atoms with Crippen LogP contribution in [0.4, 0.5) is 5.82 Å². The highest BCUT2D eigenvalue weighted by Gasteiger charge is 2.24. The van der Waals surface area contributed by atoms with Crippen molar-refractivity contribution in [2.45, 2.75) is 43.7 Å². The van der Waals surface area contributed by atoms with Crippen molar-refractivity contribution in [3.05, 3.63) is 12.4 Å². The number of aryl methyl sites for hydroxylation is 1. The highest BCUT2D eigenvalue weighted by molar-refractivity contribution is 7.89. The summed E-state index contributed by atoms with van der Waals surface area (Å²) in [6.07, 6.45) is 5.30. The van der Waals surface area contributed by atoms with E-state index in [4.69, 9.17) is 0 Å². The lowest BCUT2D eigenvalue weighted by Crippen LogP contribution is -2.36. The Balaban J connectivity index is 1.92. The molecule has 1 saturated heterocycles. The van der Waals surface area contributed by atoms with E-state index in [1.165, 1.54) is 0 Å². The van der Waals surface area contributed by atoms with Crippen LogP contribution in [0.3, 0.4) is 0 Å². The summed E-state index contributed by atoms with van der Waals surface area (Å²) in [6.45, 7) is 5.66. The molecule has 25 heavy (non-hydrogen) atoms. The van der Waals surface area contributed by atoms with Gasteiger partial charge in [0.05, 0.1) is 6.20 Å². The Bertz CT molecular complexity index is 853. The quantitative estimate of drug-likeness (QED) is 0.825. The van der Waals surface area contributed by atoms with E-state index < -0.39 is 10.0 Å². The molecule has 138 valence electrons. The average molecular weight is 366 g/mol. The third-order valence-corrected chi connectivity index (χ3v) is 6.04. The van der Waals surface area contributed by atoms with E-state index >= 15 is 0 Å². The lowest BCUT2D eigenvalue weighted by Gasteiger charge is -2.29. The molecule has 0 radical (unpaired) electrons. The molecule has 0 bridgehead atoms. The maximum Gasteiger partial charge on any atom is 0.244 e. The van der Waals surface area contributed by atoms with E-state index in [2.05, 4.69) is 32.0 Å². The molecule has 0 aliphatic carbocycles. The third kappa shape index (κ3) is 3.94. The summed E-state index contributed by atoms with van der Waals surface area (Å²) in [4.78, 5) is 11.4. The van der Waals surface area contributed by atoms with Gasteiger partial charge in [0.2, 0.25) is 10.0 Å². The molecule has 1 fully saturated rings. The Morgan fingerprint density at radius 2 is 1.92 bits per heavy atom. The predicted molar refractivity (Wildman–Crippen MR) is 98.1 cm³/mol. The van der Waals surface area contributed by atoms with Gasteiger partial charge in [0.25, 0.3) is 0 Å². The molecule has 0 spiro atoms. The molecule has 1 aliphatic rings. The number of nitrogens with one attached hydrogen (secondary N) is 2. The number of piperidine rings is 1. The summed E-state index contributed by atoms with van der Waals surface area (Å²) < 4.78 is 29.5. The van der Waals surface area contributed by atoms with Crippen molar-refractivity contribution in [3.63, 3.8) is 0 Å². The number of anilines is 1. The van der Waals surface area contributed by atoms with Crippen molar-refractivity contribution in [1.29, 1.82) is 0 Å². The normalized spacial score (nSPS) is 17.5. The molecule has 0 saturated carbocycles. The van der Waals surface area contributed by atoms with Crippen molar-refractivity contribution in [2.24, 2.45) is 7.05 Å². The van der Waals surface area contributed by atoms with Gasteiger partial charge in [0.15, 0.2) is 5.65 Å². The van der Waals surface area contributed by atoms with Gasteiger partial charge in [-0.2, -0.15) is 0 Å². The lowest BCUT2D eigenvalue weighted by atomic mass is 10.1. The summed E-state index contributed by atoms with van der Waals surface area (Å²) in [7, 11) is 0.259. The van der Waals surface area contributed by atoms with Gasteiger partial charge in [0, 0.05) is 25.3 Å². The van der Waals surface area contributed by atoms with E-state index in [0.29, 0.717) is 23.0 Å². The number of likely N-dealkylation sites (tertiary alicyclic amines) is 1. The van der Waals surface area contributed by atoms with Crippen LogP contribution in [0.1, 0.15) is 26.7 Å². The molecule has 0 atom stereocenters. The third-order valence-electron chi connectivity index (χ3n) is 4.38. The first-order valence-electron chi connectivity index (χ1n) is 8.56. The average Bonchev–Trinajstić information content (AvgIpc) is 2.86. The van der Waals surface area contributed by atoms with E-state index in [-0.39, 0.29) is 10.9 Å². The number of sulfonamides is 1. The van der Waals surface area contributed by atoms with Crippen molar-refractivity contribution in [3.8, 4) is 0 Å². The van der Waals surface area contributed by atoms with E-state index in [9.17, 15) is 8.42 Å². The van der Waals surface area contributed by atoms with Crippen molar-refractivity contribution < 1.29 is 8.42 Å². The number of aromatic nitrogens is 3. The maximum atomic E-state index is 12.6. The summed E-state index contributed by atoms with van der Waals surface area (Å²) in [5.41, 5.74) is 0.951. The Kier molecular flexibility index (Phi) is 4.99. The second kappa shape index (κ2) is 6.89. The van der Waals surface area contributed by atoms with E-state index in [1.807, 2.05) is 0 Å². The number of rotatable bonds is 5. The Hall–Kier alpha value is -1.71. The molecule has 0 amide bonds. The fraction of sp³-hybridized carbons (Fsp3) is 0.625. The molecule has 1 aliphatic heterocycles. The summed E-state index contributed by atoms with van der Waals surface area (Å²) >= 11 is 0. The zero-order valence-corrected chi connectivity index (χ0v) is 16.0. The van der Waals surface area contributed by atoms with Crippen LogP contribution >= 0.6 is 0 Å². The van der Waals surface area contributed by atoms with Crippen LogP contribution in [0.5, 0.6) is 0 Å². The van der Waals surface area contributed by atoms with Crippen molar-refractivity contribution in [2.75, 3.05) is 25.5 Å². The summed E-state index contributed by atoms with van der Waals surface area (Å²) in [5.74, 6) is 0.620. The first-order valence-corrected chi connectivity index (χ1v) is 10.0. The van der Waals surface area contributed by atoms with Gasteiger partial charge in [-0.3, -0.25) is 0 Å². The van der Waals surface area contributed by atoms with Crippen LogP contribution in [0.15, 0.2) is 17.3 Å². The first-order chi connectivity index (χ1) is 11.8. The fourth-order valence-electron chi connectivity index (χ4n) is 3.11. The van der Waals surface area contributed by atoms with E-state index in [0.717, 1.165) is 25.9 Å². The minimum absolute atomic E-state index is 0.165. The van der Waals surface area contributed by atoms with Crippen LogP contribution in [0, 0.1) is 0 Å². The lowest BCUT2D eigenvalue weighted by molar-refractivity contribution is 0.263. The zero-order chi connectivity index (χ0) is 18.2. The van der Waals surface area contributed by atoms with Crippen molar-refractivity contribution in [1.82, 2.24) is 24.2 Å². The smallest absolute Gasteiger partial charge is 0.244 e. The number of hydrogen-bond donors (Lipinski definition) is 2. The highest BCUT2D eigenvalue weighted by Crippen LogP contribution is 2.24. The van der Waals surface area contributed by atoms with Gasteiger partial charge < -0.3 is 14.8 Å². The van der Waals surface area contributed by atoms with Gasteiger partial charge in [0.1, 0.15) is 16.2 Å². The predicted octanol–water partition coefficient (Wildman–Crippen LogP) is 1.16. The van der Waals surface area contributed by atoms with Gasteiger partial charge in [-0.15, -0.1) is 0 Å². The SMILES string of the molecule is CC(C)NS(=O)(=O)c1cn(C)c2ncc(NC3CCN(C)CC3)nc12. The minimum Gasteiger partial charge on any atom is -0.366 e. The highest BCUT2D eigenvalue weighted by atomic mass is 32.2. The Morgan fingerprint density at radius 3 is 2.56 bits per heavy atom. The minimum atomic E-state index is -3.63. The standard InChI is InChI=1S/C16H26N6O2S/c1-11(2)20-25(23,24)13-10-22(4)16-15(13)19-14(9-17-16)18-12-5-7-21(3)8-6-12/h9-12,20H,5-8H2,1-4H3,(H,18,19). The molecule has 3 heterocycles.